The van der Waals surface area contributed by atoms with Gasteiger partial charge in [0.05, 0.1) is 0 Å². The van der Waals surface area contributed by atoms with E-state index in [1.54, 1.807) is 0 Å². The van der Waals surface area contributed by atoms with Crippen molar-refractivity contribution < 1.29 is 0 Å². The van der Waals surface area contributed by atoms with Crippen LogP contribution in [0.5, 0.6) is 0 Å². The van der Waals surface area contributed by atoms with Crippen molar-refractivity contribution in [1.29, 1.82) is 0 Å². The summed E-state index contributed by atoms with van der Waals surface area (Å²) in [6, 6.07) is 0. The second-order valence-corrected chi connectivity index (χ2v) is 2.65. The predicted octanol–water partition coefficient (Wildman–Crippen LogP) is -0.874. The molecule has 0 aromatic heterocycles. The van der Waals surface area contributed by atoms with Crippen LogP contribution in [0.4, 0.5) is 0 Å². The standard InChI is InChI=1S/C4H12B3N3/c1-3-4(2)7-9-5-8-6-10-7/h4,8-10H,3H2,1-2H3. The molecule has 1 fully saturated rings. The second kappa shape index (κ2) is 4.06. The molecule has 0 aromatic rings. The van der Waals surface area contributed by atoms with E-state index in [4.69, 9.17) is 0 Å². The first-order chi connectivity index (χ1) is 4.84. The molecule has 0 aliphatic carbocycles. The molecule has 1 unspecified atom stereocenters. The molecule has 1 atom stereocenters. The van der Waals surface area contributed by atoms with Gasteiger partial charge in [-0.05, 0) is 5.82 Å². The minimum absolute atomic E-state index is 0.395. The van der Waals surface area contributed by atoms with Crippen LogP contribution in [0.1, 0.15) is 20.3 Å². The Morgan fingerprint density at radius 2 is 2.00 bits per heavy atom. The molecule has 1 saturated heterocycles. The van der Waals surface area contributed by atoms with Crippen molar-refractivity contribution in [1.82, 2.24) is 15.4 Å². The van der Waals surface area contributed by atoms with Gasteiger partial charge in [0.15, 0.2) is 0 Å². The minimum Gasteiger partial charge on any atom is -0.379 e. The quantitative estimate of drug-likeness (QED) is 0.430. The maximum absolute atomic E-state index is 3.19. The normalized spacial score (nSPS) is 21.2. The first-order valence-electron chi connectivity index (χ1n) is 3.76. The zero-order valence-corrected chi connectivity index (χ0v) is 6.52. The van der Waals surface area contributed by atoms with Gasteiger partial charge in [-0.1, -0.05) is 20.3 Å². The van der Waals surface area contributed by atoms with Crippen molar-refractivity contribution in [3.8, 4) is 0 Å². The van der Waals surface area contributed by atoms with Gasteiger partial charge in [0.1, 0.15) is 0 Å². The predicted molar refractivity (Wildman–Crippen MR) is 46.4 cm³/mol. The highest BCUT2D eigenvalue weighted by Gasteiger charge is 2.23. The van der Waals surface area contributed by atoms with Crippen LogP contribution < -0.4 is 15.4 Å². The van der Waals surface area contributed by atoms with Gasteiger partial charge in [-0.2, -0.15) is 0 Å². The third-order valence-corrected chi connectivity index (χ3v) is 1.91. The summed E-state index contributed by atoms with van der Waals surface area (Å²) in [7, 11) is 3.71. The Morgan fingerprint density at radius 3 is 2.50 bits per heavy atom. The van der Waals surface area contributed by atoms with E-state index in [2.05, 4.69) is 29.3 Å². The maximum atomic E-state index is 3.19. The monoisotopic (exact) mass is 135 g/mol. The lowest BCUT2D eigenvalue weighted by Gasteiger charge is -2.25. The molecule has 2 radical (unpaired) electrons. The molecule has 0 saturated carbocycles. The van der Waals surface area contributed by atoms with E-state index in [9.17, 15) is 0 Å². The van der Waals surface area contributed by atoms with Crippen molar-refractivity contribution in [3.63, 3.8) is 0 Å². The van der Waals surface area contributed by atoms with Crippen LogP contribution in [-0.2, 0) is 0 Å². The van der Waals surface area contributed by atoms with E-state index >= 15 is 0 Å². The summed E-state index contributed by atoms with van der Waals surface area (Å²) in [4.78, 5) is 0. The molecule has 1 aliphatic heterocycles. The van der Waals surface area contributed by atoms with E-state index in [1.165, 1.54) is 6.42 Å². The average molecular weight is 135 g/mol. The van der Waals surface area contributed by atoms with E-state index in [-0.39, 0.29) is 0 Å². The Balaban J connectivity index is 2.24. The summed E-state index contributed by atoms with van der Waals surface area (Å²) in [6.45, 7) is 4.81. The van der Waals surface area contributed by atoms with Crippen molar-refractivity contribution in [3.05, 3.63) is 0 Å². The van der Waals surface area contributed by atoms with Gasteiger partial charge >= 0.3 is 0 Å². The van der Waals surface area contributed by atoms with Crippen molar-refractivity contribution in [2.75, 3.05) is 0 Å². The lowest BCUT2D eigenvalue weighted by molar-refractivity contribution is 0.832. The molecule has 10 heavy (non-hydrogen) atoms. The molecule has 0 spiro atoms. The number of rotatable bonds is 2. The van der Waals surface area contributed by atoms with Gasteiger partial charge in [0, 0.05) is 0 Å². The molecule has 1 heterocycles. The van der Waals surface area contributed by atoms with E-state index in [0.717, 1.165) is 0 Å². The van der Waals surface area contributed by atoms with Gasteiger partial charge in [-0.3, -0.25) is 0 Å². The molecule has 0 bridgehead atoms. The van der Waals surface area contributed by atoms with Crippen LogP contribution in [0.2, 0.25) is 5.82 Å². The van der Waals surface area contributed by atoms with Gasteiger partial charge in [-0.25, -0.2) is 0 Å². The summed E-state index contributed by atoms with van der Waals surface area (Å²) in [6.07, 6.45) is 1.19. The Kier molecular flexibility index (Phi) is 3.32. The zero-order chi connectivity index (χ0) is 7.40. The van der Waals surface area contributed by atoms with Gasteiger partial charge in [0.2, 0.25) is 0 Å². The van der Waals surface area contributed by atoms with Crippen LogP contribution in [0.3, 0.4) is 0 Å². The van der Waals surface area contributed by atoms with Crippen LogP contribution in [0.15, 0.2) is 0 Å². The smallest absolute Gasteiger partial charge is 0.286 e. The second-order valence-electron chi connectivity index (χ2n) is 2.65. The molecule has 0 aromatic carbocycles. The third-order valence-electron chi connectivity index (χ3n) is 1.91. The van der Waals surface area contributed by atoms with Crippen LogP contribution >= 0.6 is 0 Å². The molecule has 0 amide bonds. The highest BCUT2D eigenvalue weighted by molar-refractivity contribution is 6.75. The minimum atomic E-state index is 0.395. The molecule has 1 aliphatic rings. The van der Waals surface area contributed by atoms with Crippen molar-refractivity contribution in [2.45, 2.75) is 26.1 Å². The Labute approximate surface area is 64.4 Å². The van der Waals surface area contributed by atoms with Crippen LogP contribution in [0.25, 0.3) is 0 Å². The number of hydrogen-bond acceptors (Lipinski definition) is 3. The fraction of sp³-hybridized carbons (Fsp3) is 1.00. The molecular formula is C4H12B3N3. The fourth-order valence-electron chi connectivity index (χ4n) is 0.930. The van der Waals surface area contributed by atoms with Crippen LogP contribution in [-0.4, -0.2) is 22.1 Å². The molecule has 3 N–H and O–H groups in total. The van der Waals surface area contributed by atoms with Gasteiger partial charge in [0.25, 0.3) is 22.1 Å². The molecule has 6 heteroatoms. The molecular weight excluding hydrogens is 123 g/mol. The average Bonchev–Trinajstić information content (AvgIpc) is 2.05. The largest absolute Gasteiger partial charge is 0.379 e. The maximum Gasteiger partial charge on any atom is 0.286 e. The Bertz CT molecular complexity index is 95.7. The highest BCUT2D eigenvalue weighted by Crippen LogP contribution is 2.08. The fourth-order valence-corrected chi connectivity index (χ4v) is 0.930. The summed E-state index contributed by atoms with van der Waals surface area (Å²) < 4.78 is 0. The van der Waals surface area contributed by atoms with Crippen molar-refractivity contribution >= 4 is 22.1 Å². The number of hydrogen-bond donors (Lipinski definition) is 3. The third kappa shape index (κ3) is 2.04. The summed E-state index contributed by atoms with van der Waals surface area (Å²) >= 11 is 0. The lowest BCUT2D eigenvalue weighted by atomic mass is 9.55. The number of nitrogens with one attached hydrogen (secondary N) is 3. The van der Waals surface area contributed by atoms with E-state index in [1.807, 2.05) is 15.1 Å². The summed E-state index contributed by atoms with van der Waals surface area (Å²) in [5.41, 5.74) is 0. The Morgan fingerprint density at radius 1 is 1.40 bits per heavy atom. The van der Waals surface area contributed by atoms with E-state index < -0.39 is 0 Å². The SMILES string of the molecule is CCC(C)B1N[B]N[B]N1. The first kappa shape index (κ1) is 8.17. The topological polar surface area (TPSA) is 36.1 Å². The molecule has 3 nitrogen and oxygen atoms in total. The lowest BCUT2D eigenvalue weighted by Crippen LogP contribution is -2.64. The zero-order valence-electron chi connectivity index (χ0n) is 6.52. The molecule has 52 valence electrons. The van der Waals surface area contributed by atoms with E-state index in [0.29, 0.717) is 12.8 Å². The Hall–Kier alpha value is 0.0748. The first-order valence-corrected chi connectivity index (χ1v) is 3.76. The molecule has 1 rings (SSSR count). The summed E-state index contributed by atoms with van der Waals surface area (Å²) in [5.74, 6) is 0.662. The van der Waals surface area contributed by atoms with Gasteiger partial charge < -0.3 is 15.4 Å². The van der Waals surface area contributed by atoms with Crippen molar-refractivity contribution in [2.24, 2.45) is 0 Å². The summed E-state index contributed by atoms with van der Waals surface area (Å²) in [5, 5.41) is 9.30. The van der Waals surface area contributed by atoms with Gasteiger partial charge in [-0.15, -0.1) is 0 Å². The highest BCUT2D eigenvalue weighted by atomic mass is 15.0. The van der Waals surface area contributed by atoms with Crippen LogP contribution in [0, 0.1) is 0 Å².